The van der Waals surface area contributed by atoms with Crippen LogP contribution in [-0.2, 0) is 16.0 Å². The summed E-state index contributed by atoms with van der Waals surface area (Å²) in [5.41, 5.74) is 1.10. The zero-order chi connectivity index (χ0) is 13.0. The van der Waals surface area contributed by atoms with Gasteiger partial charge in [-0.25, -0.2) is 0 Å². The van der Waals surface area contributed by atoms with Gasteiger partial charge >= 0.3 is 5.97 Å². The average molecular weight is 248 g/mol. The van der Waals surface area contributed by atoms with Gasteiger partial charge < -0.3 is 10.0 Å². The molecule has 0 aliphatic carbocycles. The fraction of sp³-hybridized carbons (Fsp3) is 0.462. The zero-order valence-electron chi connectivity index (χ0n) is 10.1. The summed E-state index contributed by atoms with van der Waals surface area (Å²) in [6, 6.07) is 3.80. The minimum absolute atomic E-state index is 0.105. The summed E-state index contributed by atoms with van der Waals surface area (Å²) >= 11 is 0. The monoisotopic (exact) mass is 248 g/mol. The molecule has 1 N–H and O–H groups in total. The molecule has 1 aliphatic heterocycles. The third-order valence-electron chi connectivity index (χ3n) is 3.15. The lowest BCUT2D eigenvalue weighted by atomic mass is 9.95. The summed E-state index contributed by atoms with van der Waals surface area (Å²) in [6.07, 6.45) is 4.78. The van der Waals surface area contributed by atoms with Crippen molar-refractivity contribution in [2.24, 2.45) is 5.92 Å². The van der Waals surface area contributed by atoms with E-state index in [1.807, 2.05) is 12.1 Å². The molecule has 0 unspecified atom stereocenters. The molecule has 5 heteroatoms. The number of carboxylic acid groups (broad SMARTS) is 1. The second-order valence-electron chi connectivity index (χ2n) is 4.62. The highest BCUT2D eigenvalue weighted by Crippen LogP contribution is 2.20. The average Bonchev–Trinajstić information content (AvgIpc) is 2.31. The van der Waals surface area contributed by atoms with E-state index in [2.05, 4.69) is 4.98 Å². The standard InChI is InChI=1S/C13H16N2O3/c16-12(2-1-10-3-5-14-6-4-10)15-8-11(9-15)7-13(17)18/h3-6,11H,1-2,7-9H2,(H,17,18). The van der Waals surface area contributed by atoms with Crippen molar-refractivity contribution < 1.29 is 14.7 Å². The van der Waals surface area contributed by atoms with E-state index in [-0.39, 0.29) is 18.2 Å². The molecule has 1 aromatic heterocycles. The van der Waals surface area contributed by atoms with Gasteiger partial charge in [-0.2, -0.15) is 0 Å². The van der Waals surface area contributed by atoms with Gasteiger partial charge in [-0.05, 0) is 24.1 Å². The van der Waals surface area contributed by atoms with Crippen LogP contribution in [0.2, 0.25) is 0 Å². The van der Waals surface area contributed by atoms with Gasteiger partial charge in [0.25, 0.3) is 0 Å². The van der Waals surface area contributed by atoms with Crippen molar-refractivity contribution in [3.8, 4) is 0 Å². The van der Waals surface area contributed by atoms with Crippen molar-refractivity contribution in [2.45, 2.75) is 19.3 Å². The summed E-state index contributed by atoms with van der Waals surface area (Å²) in [5, 5.41) is 8.62. The molecule has 1 aromatic rings. The number of aryl methyl sites for hydroxylation is 1. The van der Waals surface area contributed by atoms with E-state index in [9.17, 15) is 9.59 Å². The van der Waals surface area contributed by atoms with E-state index >= 15 is 0 Å². The van der Waals surface area contributed by atoms with Crippen LogP contribution in [-0.4, -0.2) is 40.0 Å². The SMILES string of the molecule is O=C(O)CC1CN(C(=O)CCc2ccncc2)C1. The Hall–Kier alpha value is -1.91. The first kappa shape index (κ1) is 12.5. The van der Waals surface area contributed by atoms with Gasteiger partial charge in [-0.3, -0.25) is 14.6 Å². The first-order valence-corrected chi connectivity index (χ1v) is 6.03. The molecule has 1 aliphatic rings. The predicted octanol–water partition coefficient (Wildman–Crippen LogP) is 0.947. The van der Waals surface area contributed by atoms with E-state index in [1.54, 1.807) is 17.3 Å². The Labute approximate surface area is 105 Å². The van der Waals surface area contributed by atoms with E-state index in [4.69, 9.17) is 5.11 Å². The first-order valence-electron chi connectivity index (χ1n) is 6.03. The molecule has 0 saturated carbocycles. The second kappa shape index (κ2) is 5.62. The zero-order valence-corrected chi connectivity index (χ0v) is 10.1. The lowest BCUT2D eigenvalue weighted by molar-refractivity contribution is -0.145. The maximum Gasteiger partial charge on any atom is 0.303 e. The number of pyridine rings is 1. The maximum atomic E-state index is 11.8. The highest BCUT2D eigenvalue weighted by Gasteiger charge is 2.31. The Bertz CT molecular complexity index is 427. The van der Waals surface area contributed by atoms with Crippen LogP contribution < -0.4 is 0 Å². The van der Waals surface area contributed by atoms with Gasteiger partial charge in [0.15, 0.2) is 0 Å². The number of aromatic nitrogens is 1. The number of nitrogens with zero attached hydrogens (tertiary/aromatic N) is 2. The lowest BCUT2D eigenvalue weighted by Gasteiger charge is -2.38. The summed E-state index contributed by atoms with van der Waals surface area (Å²) in [7, 11) is 0. The summed E-state index contributed by atoms with van der Waals surface area (Å²) in [6.45, 7) is 1.17. The first-order chi connectivity index (χ1) is 8.65. The number of rotatable bonds is 5. The molecule has 1 amide bonds. The summed E-state index contributed by atoms with van der Waals surface area (Å²) < 4.78 is 0. The number of likely N-dealkylation sites (tertiary alicyclic amines) is 1. The highest BCUT2D eigenvalue weighted by atomic mass is 16.4. The van der Waals surface area contributed by atoms with Crippen molar-refractivity contribution >= 4 is 11.9 Å². The van der Waals surface area contributed by atoms with Crippen LogP contribution in [0.15, 0.2) is 24.5 Å². The maximum absolute atomic E-state index is 11.8. The molecular formula is C13H16N2O3. The molecule has 0 bridgehead atoms. The van der Waals surface area contributed by atoms with Crippen LogP contribution in [0.5, 0.6) is 0 Å². The van der Waals surface area contributed by atoms with Crippen molar-refractivity contribution in [2.75, 3.05) is 13.1 Å². The fourth-order valence-electron chi connectivity index (χ4n) is 2.11. The molecule has 2 rings (SSSR count). The van der Waals surface area contributed by atoms with Gasteiger partial charge in [0, 0.05) is 37.8 Å². The molecule has 2 heterocycles. The van der Waals surface area contributed by atoms with Crippen LogP contribution in [0.3, 0.4) is 0 Å². The van der Waals surface area contributed by atoms with E-state index in [0.29, 0.717) is 25.9 Å². The quantitative estimate of drug-likeness (QED) is 0.842. The smallest absolute Gasteiger partial charge is 0.303 e. The molecule has 0 atom stereocenters. The summed E-state index contributed by atoms with van der Waals surface area (Å²) in [4.78, 5) is 27.9. The summed E-state index contributed by atoms with van der Waals surface area (Å²) in [5.74, 6) is -0.551. The molecule has 0 radical (unpaired) electrons. The minimum atomic E-state index is -0.788. The third-order valence-corrected chi connectivity index (χ3v) is 3.15. The number of carbonyl (C=O) groups excluding carboxylic acids is 1. The number of amides is 1. The second-order valence-corrected chi connectivity index (χ2v) is 4.62. The molecule has 5 nitrogen and oxygen atoms in total. The fourth-order valence-corrected chi connectivity index (χ4v) is 2.11. The van der Waals surface area contributed by atoms with Crippen LogP contribution in [0.25, 0.3) is 0 Å². The minimum Gasteiger partial charge on any atom is -0.481 e. The Balaban J connectivity index is 1.70. The van der Waals surface area contributed by atoms with Gasteiger partial charge in [0.1, 0.15) is 0 Å². The number of carbonyl (C=O) groups is 2. The molecule has 1 saturated heterocycles. The molecule has 18 heavy (non-hydrogen) atoms. The Morgan fingerprint density at radius 2 is 2.00 bits per heavy atom. The van der Waals surface area contributed by atoms with Gasteiger partial charge in [0.2, 0.25) is 5.91 Å². The van der Waals surface area contributed by atoms with Crippen molar-refractivity contribution in [1.82, 2.24) is 9.88 Å². The number of hydrogen-bond donors (Lipinski definition) is 1. The predicted molar refractivity (Wildman–Crippen MR) is 64.9 cm³/mol. The van der Waals surface area contributed by atoms with Crippen molar-refractivity contribution in [1.29, 1.82) is 0 Å². The van der Waals surface area contributed by atoms with Gasteiger partial charge in [0.05, 0.1) is 6.42 Å². The number of aliphatic carboxylic acids is 1. The van der Waals surface area contributed by atoms with Crippen LogP contribution >= 0.6 is 0 Å². The normalized spacial score (nSPS) is 15.2. The molecule has 1 fully saturated rings. The molecule has 0 spiro atoms. The van der Waals surface area contributed by atoms with E-state index < -0.39 is 5.97 Å². The third kappa shape index (κ3) is 3.29. The van der Waals surface area contributed by atoms with Crippen LogP contribution in [0.1, 0.15) is 18.4 Å². The highest BCUT2D eigenvalue weighted by molar-refractivity contribution is 5.77. The Morgan fingerprint density at radius 1 is 1.33 bits per heavy atom. The molecular weight excluding hydrogens is 232 g/mol. The molecule has 96 valence electrons. The number of carboxylic acids is 1. The van der Waals surface area contributed by atoms with E-state index in [1.165, 1.54) is 0 Å². The molecule has 0 aromatic carbocycles. The Kier molecular flexibility index (Phi) is 3.92. The van der Waals surface area contributed by atoms with Gasteiger partial charge in [-0.15, -0.1) is 0 Å². The van der Waals surface area contributed by atoms with Crippen molar-refractivity contribution in [3.63, 3.8) is 0 Å². The largest absolute Gasteiger partial charge is 0.481 e. The van der Waals surface area contributed by atoms with Crippen LogP contribution in [0, 0.1) is 5.92 Å². The number of hydrogen-bond acceptors (Lipinski definition) is 3. The van der Waals surface area contributed by atoms with Crippen molar-refractivity contribution in [3.05, 3.63) is 30.1 Å². The Morgan fingerprint density at radius 3 is 2.61 bits per heavy atom. The lowest BCUT2D eigenvalue weighted by Crippen LogP contribution is -2.50. The topological polar surface area (TPSA) is 70.5 Å². The van der Waals surface area contributed by atoms with Crippen LogP contribution in [0.4, 0.5) is 0 Å². The van der Waals surface area contributed by atoms with Gasteiger partial charge in [-0.1, -0.05) is 0 Å². The van der Waals surface area contributed by atoms with E-state index in [0.717, 1.165) is 5.56 Å².